The Labute approximate surface area is 139 Å². The van der Waals surface area contributed by atoms with E-state index in [1.54, 1.807) is 25.3 Å². The Kier molecular flexibility index (Phi) is 5.92. The Bertz CT molecular complexity index is 670. The summed E-state index contributed by atoms with van der Waals surface area (Å²) in [5, 5.41) is 12.3. The highest BCUT2D eigenvalue weighted by molar-refractivity contribution is 7.15. The zero-order valence-corrected chi connectivity index (χ0v) is 14.6. The normalized spacial score (nSPS) is 10.7. The van der Waals surface area contributed by atoms with Crippen LogP contribution in [0, 0.1) is 5.92 Å². The monoisotopic (exact) mass is 335 g/mol. The number of aromatic nitrogens is 2. The van der Waals surface area contributed by atoms with Crippen molar-refractivity contribution in [3.63, 3.8) is 0 Å². The summed E-state index contributed by atoms with van der Waals surface area (Å²) in [5.74, 6) is 1.39. The first-order valence-corrected chi connectivity index (χ1v) is 8.29. The average Bonchev–Trinajstić information content (AvgIpc) is 2.94. The van der Waals surface area contributed by atoms with Crippen molar-refractivity contribution in [3.05, 3.63) is 28.8 Å². The van der Waals surface area contributed by atoms with Crippen molar-refractivity contribution in [1.29, 1.82) is 0 Å². The smallest absolute Gasteiger partial charge is 0.257 e. The Morgan fingerprint density at radius 3 is 2.74 bits per heavy atom. The van der Waals surface area contributed by atoms with E-state index in [-0.39, 0.29) is 5.91 Å². The van der Waals surface area contributed by atoms with Gasteiger partial charge in [-0.15, -0.1) is 10.2 Å². The van der Waals surface area contributed by atoms with Gasteiger partial charge in [0.15, 0.2) is 11.5 Å². The third-order valence-electron chi connectivity index (χ3n) is 3.00. The molecule has 7 heteroatoms. The lowest BCUT2D eigenvalue weighted by Gasteiger charge is -2.10. The molecule has 0 bridgehead atoms. The molecule has 1 amide bonds. The highest BCUT2D eigenvalue weighted by Crippen LogP contribution is 2.28. The van der Waals surface area contributed by atoms with Gasteiger partial charge in [-0.25, -0.2) is 0 Å². The van der Waals surface area contributed by atoms with Gasteiger partial charge in [0.05, 0.1) is 13.7 Å². The Morgan fingerprint density at radius 1 is 1.30 bits per heavy atom. The SMILES string of the molecule is CCOc1ccc(C(=O)Nc2nnc(CC(C)C)s2)cc1OC. The van der Waals surface area contributed by atoms with Crippen LogP contribution in [-0.4, -0.2) is 29.8 Å². The van der Waals surface area contributed by atoms with E-state index in [4.69, 9.17) is 9.47 Å². The number of hydrogen-bond acceptors (Lipinski definition) is 6. The number of hydrogen-bond donors (Lipinski definition) is 1. The molecule has 2 rings (SSSR count). The Hall–Kier alpha value is -2.15. The number of nitrogens with one attached hydrogen (secondary N) is 1. The van der Waals surface area contributed by atoms with E-state index in [0.717, 1.165) is 11.4 Å². The molecule has 0 radical (unpaired) electrons. The minimum Gasteiger partial charge on any atom is -0.493 e. The number of amides is 1. The fourth-order valence-electron chi connectivity index (χ4n) is 1.99. The van der Waals surface area contributed by atoms with Gasteiger partial charge in [-0.2, -0.15) is 0 Å². The molecule has 0 aliphatic heterocycles. The molecular formula is C16H21N3O3S. The number of rotatable bonds is 7. The lowest BCUT2D eigenvalue weighted by atomic mass is 10.1. The number of carbonyl (C=O) groups is 1. The van der Waals surface area contributed by atoms with Gasteiger partial charge in [0, 0.05) is 12.0 Å². The first-order valence-electron chi connectivity index (χ1n) is 7.48. The largest absolute Gasteiger partial charge is 0.493 e. The summed E-state index contributed by atoms with van der Waals surface area (Å²) in [6.45, 7) is 6.66. The van der Waals surface area contributed by atoms with E-state index < -0.39 is 0 Å². The maximum absolute atomic E-state index is 12.3. The van der Waals surface area contributed by atoms with E-state index in [2.05, 4.69) is 29.4 Å². The predicted octanol–water partition coefficient (Wildman–Crippen LogP) is 3.40. The summed E-state index contributed by atoms with van der Waals surface area (Å²) in [6.07, 6.45) is 0.852. The minimum absolute atomic E-state index is 0.251. The van der Waals surface area contributed by atoms with Gasteiger partial charge in [0.2, 0.25) is 5.13 Å². The van der Waals surface area contributed by atoms with Gasteiger partial charge >= 0.3 is 0 Å². The number of benzene rings is 1. The fraction of sp³-hybridized carbons (Fsp3) is 0.438. The number of methoxy groups -OCH3 is 1. The quantitative estimate of drug-likeness (QED) is 0.839. The minimum atomic E-state index is -0.251. The zero-order chi connectivity index (χ0) is 16.8. The number of carbonyl (C=O) groups excluding carboxylic acids is 1. The van der Waals surface area contributed by atoms with Crippen LogP contribution in [0.15, 0.2) is 18.2 Å². The molecule has 23 heavy (non-hydrogen) atoms. The van der Waals surface area contributed by atoms with Gasteiger partial charge in [-0.05, 0) is 31.0 Å². The van der Waals surface area contributed by atoms with Crippen LogP contribution in [0.2, 0.25) is 0 Å². The van der Waals surface area contributed by atoms with Crippen LogP contribution < -0.4 is 14.8 Å². The van der Waals surface area contributed by atoms with Crippen molar-refractivity contribution in [2.45, 2.75) is 27.2 Å². The number of ether oxygens (including phenoxy) is 2. The van der Waals surface area contributed by atoms with Crippen LogP contribution in [0.25, 0.3) is 0 Å². The van der Waals surface area contributed by atoms with E-state index in [0.29, 0.717) is 34.7 Å². The lowest BCUT2D eigenvalue weighted by molar-refractivity contribution is 0.102. The van der Waals surface area contributed by atoms with Crippen molar-refractivity contribution in [2.24, 2.45) is 5.92 Å². The molecule has 0 unspecified atom stereocenters. The van der Waals surface area contributed by atoms with Crippen LogP contribution in [-0.2, 0) is 6.42 Å². The number of anilines is 1. The molecule has 0 saturated carbocycles. The summed E-state index contributed by atoms with van der Waals surface area (Å²) < 4.78 is 10.7. The second kappa shape index (κ2) is 7.92. The van der Waals surface area contributed by atoms with Crippen molar-refractivity contribution in [3.8, 4) is 11.5 Å². The molecule has 1 aromatic heterocycles. The average molecular weight is 335 g/mol. The first-order chi connectivity index (χ1) is 11.0. The van der Waals surface area contributed by atoms with Gasteiger partial charge in [-0.1, -0.05) is 25.2 Å². The standard InChI is InChI=1S/C16H21N3O3S/c1-5-22-12-7-6-11(9-13(12)21-4)15(20)17-16-19-18-14(23-16)8-10(2)3/h6-7,9-10H,5,8H2,1-4H3,(H,17,19,20). The Morgan fingerprint density at radius 2 is 2.09 bits per heavy atom. The van der Waals surface area contributed by atoms with Crippen molar-refractivity contribution in [2.75, 3.05) is 19.0 Å². The first kappa shape index (κ1) is 17.2. The second-order valence-corrected chi connectivity index (χ2v) is 6.41. The van der Waals surface area contributed by atoms with Gasteiger partial charge < -0.3 is 9.47 Å². The maximum Gasteiger partial charge on any atom is 0.257 e. The van der Waals surface area contributed by atoms with E-state index in [1.807, 2.05) is 6.92 Å². The van der Waals surface area contributed by atoms with Crippen molar-refractivity contribution in [1.82, 2.24) is 10.2 Å². The van der Waals surface area contributed by atoms with Gasteiger partial charge in [0.25, 0.3) is 5.91 Å². The third-order valence-corrected chi connectivity index (χ3v) is 3.86. The van der Waals surface area contributed by atoms with Gasteiger partial charge in [-0.3, -0.25) is 10.1 Å². The molecular weight excluding hydrogens is 314 g/mol. The molecule has 1 aromatic carbocycles. The molecule has 6 nitrogen and oxygen atoms in total. The van der Waals surface area contributed by atoms with Crippen LogP contribution in [0.1, 0.15) is 36.1 Å². The fourth-order valence-corrected chi connectivity index (χ4v) is 2.94. The van der Waals surface area contributed by atoms with Crippen molar-refractivity contribution >= 4 is 22.4 Å². The Balaban J connectivity index is 2.09. The second-order valence-electron chi connectivity index (χ2n) is 5.35. The summed E-state index contributed by atoms with van der Waals surface area (Å²) in [4.78, 5) is 12.3. The lowest BCUT2D eigenvalue weighted by Crippen LogP contribution is -2.12. The van der Waals surface area contributed by atoms with E-state index >= 15 is 0 Å². The summed E-state index contributed by atoms with van der Waals surface area (Å²) in [6, 6.07) is 5.07. The maximum atomic E-state index is 12.3. The highest BCUT2D eigenvalue weighted by atomic mass is 32.1. The molecule has 124 valence electrons. The molecule has 0 aliphatic rings. The topological polar surface area (TPSA) is 73.3 Å². The molecule has 0 saturated heterocycles. The molecule has 0 aliphatic carbocycles. The zero-order valence-electron chi connectivity index (χ0n) is 13.8. The molecule has 2 aromatic rings. The van der Waals surface area contributed by atoms with Crippen LogP contribution in [0.5, 0.6) is 11.5 Å². The molecule has 1 N–H and O–H groups in total. The summed E-state index contributed by atoms with van der Waals surface area (Å²) >= 11 is 1.40. The van der Waals surface area contributed by atoms with Crippen LogP contribution >= 0.6 is 11.3 Å². The highest BCUT2D eigenvalue weighted by Gasteiger charge is 2.14. The summed E-state index contributed by atoms with van der Waals surface area (Å²) in [7, 11) is 1.54. The molecule has 0 fully saturated rings. The van der Waals surface area contributed by atoms with Gasteiger partial charge in [0.1, 0.15) is 5.01 Å². The number of nitrogens with zero attached hydrogens (tertiary/aromatic N) is 2. The predicted molar refractivity (Wildman–Crippen MR) is 90.6 cm³/mol. The summed E-state index contributed by atoms with van der Waals surface area (Å²) in [5.41, 5.74) is 0.478. The molecule has 0 atom stereocenters. The van der Waals surface area contributed by atoms with Crippen molar-refractivity contribution < 1.29 is 14.3 Å². The molecule has 1 heterocycles. The van der Waals surface area contributed by atoms with E-state index in [1.165, 1.54) is 11.3 Å². The molecule has 0 spiro atoms. The van der Waals surface area contributed by atoms with Crippen LogP contribution in [0.4, 0.5) is 5.13 Å². The van der Waals surface area contributed by atoms with E-state index in [9.17, 15) is 4.79 Å². The third kappa shape index (κ3) is 4.66. The van der Waals surface area contributed by atoms with Crippen LogP contribution in [0.3, 0.4) is 0 Å².